The number of nitrogens with zero attached hydrogens (tertiary/aromatic N) is 4. The third-order valence-corrected chi connectivity index (χ3v) is 4.70. The van der Waals surface area contributed by atoms with E-state index in [1.807, 2.05) is 6.07 Å². The summed E-state index contributed by atoms with van der Waals surface area (Å²) in [7, 11) is 0. The Morgan fingerprint density at radius 2 is 1.83 bits per heavy atom. The molecule has 4 rings (SSSR count). The van der Waals surface area contributed by atoms with Gasteiger partial charge in [0.15, 0.2) is 11.3 Å². The SMILES string of the molecule is Cc1c(C(=O)Nc2ccc(C(F)(F)F)cc2)nnc2c(-c3cccc(Cl)c3)cnn12. The number of alkyl halides is 3. The first kappa shape index (κ1) is 19.8. The number of carbonyl (C=O) groups is 1. The molecule has 2 heterocycles. The predicted molar refractivity (Wildman–Crippen MR) is 105 cm³/mol. The Balaban J connectivity index is 1.63. The van der Waals surface area contributed by atoms with Crippen molar-refractivity contribution in [2.75, 3.05) is 5.32 Å². The van der Waals surface area contributed by atoms with Crippen molar-refractivity contribution in [3.05, 3.63) is 76.7 Å². The predicted octanol–water partition coefficient (Wildman–Crippen LogP) is 5.02. The molecular weight excluding hydrogens is 419 g/mol. The van der Waals surface area contributed by atoms with Crippen LogP contribution in [0.2, 0.25) is 5.02 Å². The normalized spacial score (nSPS) is 11.6. The average molecular weight is 432 g/mol. The Hall–Kier alpha value is -3.46. The molecule has 0 atom stereocenters. The molecule has 0 aliphatic carbocycles. The second-order valence-electron chi connectivity index (χ2n) is 6.47. The van der Waals surface area contributed by atoms with Gasteiger partial charge in [-0.05, 0) is 48.9 Å². The van der Waals surface area contributed by atoms with Crippen LogP contribution in [-0.4, -0.2) is 25.7 Å². The summed E-state index contributed by atoms with van der Waals surface area (Å²) >= 11 is 6.04. The Bertz CT molecular complexity index is 1250. The molecule has 1 amide bonds. The molecule has 4 aromatic rings. The number of aryl methyl sites for hydroxylation is 1. The number of rotatable bonds is 3. The fourth-order valence-corrected chi connectivity index (χ4v) is 3.15. The van der Waals surface area contributed by atoms with E-state index in [1.165, 1.54) is 16.6 Å². The van der Waals surface area contributed by atoms with Gasteiger partial charge >= 0.3 is 6.18 Å². The lowest BCUT2D eigenvalue weighted by Crippen LogP contribution is -2.18. The van der Waals surface area contributed by atoms with Gasteiger partial charge in [-0.25, -0.2) is 4.52 Å². The highest BCUT2D eigenvalue weighted by Gasteiger charge is 2.30. The minimum atomic E-state index is -4.45. The monoisotopic (exact) mass is 431 g/mol. The van der Waals surface area contributed by atoms with Crippen molar-refractivity contribution in [2.24, 2.45) is 0 Å². The van der Waals surface area contributed by atoms with Gasteiger partial charge < -0.3 is 5.32 Å². The van der Waals surface area contributed by atoms with Crippen molar-refractivity contribution in [1.29, 1.82) is 0 Å². The molecule has 0 bridgehead atoms. The fraction of sp³-hybridized carbons (Fsp3) is 0.100. The second kappa shape index (κ2) is 7.42. The third-order valence-electron chi connectivity index (χ3n) is 4.47. The van der Waals surface area contributed by atoms with Crippen LogP contribution in [0.4, 0.5) is 18.9 Å². The Kier molecular flexibility index (Phi) is 4.90. The highest BCUT2D eigenvalue weighted by molar-refractivity contribution is 6.30. The summed E-state index contributed by atoms with van der Waals surface area (Å²) in [5.74, 6) is -0.610. The van der Waals surface area contributed by atoms with Crippen LogP contribution >= 0.6 is 11.6 Å². The summed E-state index contributed by atoms with van der Waals surface area (Å²) in [5, 5.41) is 15.5. The minimum absolute atomic E-state index is 0.00291. The van der Waals surface area contributed by atoms with Gasteiger partial charge in [-0.2, -0.15) is 18.3 Å². The molecule has 2 aromatic heterocycles. The van der Waals surface area contributed by atoms with Crippen LogP contribution in [0.1, 0.15) is 21.7 Å². The van der Waals surface area contributed by atoms with Crippen LogP contribution in [-0.2, 0) is 6.18 Å². The standard InChI is InChI=1S/C20H13ClF3N5O/c1-11-17(19(30)26-15-7-5-13(6-8-15)20(22,23)24)27-28-18-16(10-25-29(11)18)12-3-2-4-14(21)9-12/h2-10H,1H3,(H,26,30). The van der Waals surface area contributed by atoms with Gasteiger partial charge in [0.05, 0.1) is 17.5 Å². The molecule has 0 fully saturated rings. The quantitative estimate of drug-likeness (QED) is 0.494. The molecule has 30 heavy (non-hydrogen) atoms. The first-order chi connectivity index (χ1) is 14.2. The zero-order chi connectivity index (χ0) is 21.5. The maximum Gasteiger partial charge on any atom is 0.416 e. The van der Waals surface area contributed by atoms with Crippen molar-refractivity contribution in [2.45, 2.75) is 13.1 Å². The van der Waals surface area contributed by atoms with E-state index in [2.05, 4.69) is 20.6 Å². The molecule has 0 saturated carbocycles. The summed E-state index contributed by atoms with van der Waals surface area (Å²) in [6.07, 6.45) is -2.85. The van der Waals surface area contributed by atoms with E-state index in [9.17, 15) is 18.0 Å². The van der Waals surface area contributed by atoms with Crippen LogP contribution in [0.3, 0.4) is 0 Å². The van der Waals surface area contributed by atoms with E-state index in [0.717, 1.165) is 17.7 Å². The van der Waals surface area contributed by atoms with Crippen molar-refractivity contribution >= 4 is 28.8 Å². The molecule has 0 radical (unpaired) electrons. The van der Waals surface area contributed by atoms with Crippen LogP contribution < -0.4 is 5.32 Å². The van der Waals surface area contributed by atoms with E-state index in [0.29, 0.717) is 21.9 Å². The molecule has 1 N–H and O–H groups in total. The van der Waals surface area contributed by atoms with Crippen LogP contribution in [0.15, 0.2) is 54.7 Å². The van der Waals surface area contributed by atoms with Crippen LogP contribution in [0, 0.1) is 6.92 Å². The lowest BCUT2D eigenvalue weighted by Gasteiger charge is -2.10. The van der Waals surface area contributed by atoms with Gasteiger partial charge in [0.2, 0.25) is 0 Å². The van der Waals surface area contributed by atoms with E-state index in [-0.39, 0.29) is 11.4 Å². The third kappa shape index (κ3) is 3.71. The Labute approximate surface area is 173 Å². The zero-order valence-corrected chi connectivity index (χ0v) is 16.2. The number of carbonyl (C=O) groups excluding carboxylic acids is 1. The molecule has 6 nitrogen and oxygen atoms in total. The van der Waals surface area contributed by atoms with E-state index < -0.39 is 17.6 Å². The molecule has 0 saturated heterocycles. The average Bonchev–Trinajstić information content (AvgIpc) is 3.13. The summed E-state index contributed by atoms with van der Waals surface area (Å²) < 4.78 is 39.5. The number of benzene rings is 2. The van der Waals surface area contributed by atoms with Gasteiger partial charge in [0.1, 0.15) is 0 Å². The number of fused-ring (bicyclic) bond motifs is 1. The maximum absolute atomic E-state index is 12.7. The largest absolute Gasteiger partial charge is 0.416 e. The smallest absolute Gasteiger partial charge is 0.321 e. The first-order valence-electron chi connectivity index (χ1n) is 8.69. The second-order valence-corrected chi connectivity index (χ2v) is 6.90. The molecule has 0 spiro atoms. The van der Waals surface area contributed by atoms with Gasteiger partial charge in [-0.3, -0.25) is 4.79 Å². The lowest BCUT2D eigenvalue weighted by atomic mass is 10.1. The van der Waals surface area contributed by atoms with Gasteiger partial charge in [-0.15, -0.1) is 10.2 Å². The molecule has 152 valence electrons. The number of amides is 1. The van der Waals surface area contributed by atoms with Crippen LogP contribution in [0.25, 0.3) is 16.8 Å². The molecule has 0 unspecified atom stereocenters. The summed E-state index contributed by atoms with van der Waals surface area (Å²) in [6, 6.07) is 11.3. The minimum Gasteiger partial charge on any atom is -0.321 e. The highest BCUT2D eigenvalue weighted by Crippen LogP contribution is 2.30. The van der Waals surface area contributed by atoms with Crippen molar-refractivity contribution in [1.82, 2.24) is 19.8 Å². The molecule has 2 aromatic carbocycles. The Morgan fingerprint density at radius 1 is 1.10 bits per heavy atom. The fourth-order valence-electron chi connectivity index (χ4n) is 2.96. The summed E-state index contributed by atoms with van der Waals surface area (Å²) in [6.45, 7) is 1.65. The van der Waals surface area contributed by atoms with E-state index >= 15 is 0 Å². The number of halogens is 4. The highest BCUT2D eigenvalue weighted by atomic mass is 35.5. The molecule has 0 aliphatic rings. The number of aromatic nitrogens is 4. The van der Waals surface area contributed by atoms with Gasteiger partial charge in [0, 0.05) is 16.3 Å². The summed E-state index contributed by atoms with van der Waals surface area (Å²) in [4.78, 5) is 12.6. The summed E-state index contributed by atoms with van der Waals surface area (Å²) in [5.41, 5.74) is 1.77. The lowest BCUT2D eigenvalue weighted by molar-refractivity contribution is -0.137. The maximum atomic E-state index is 12.7. The number of hydrogen-bond acceptors (Lipinski definition) is 4. The molecule has 10 heteroatoms. The van der Waals surface area contributed by atoms with Crippen molar-refractivity contribution < 1.29 is 18.0 Å². The Morgan fingerprint density at radius 3 is 2.50 bits per heavy atom. The molecular formula is C20H13ClF3N5O. The number of nitrogens with one attached hydrogen (secondary N) is 1. The van der Waals surface area contributed by atoms with Gasteiger partial charge in [0.25, 0.3) is 5.91 Å². The topological polar surface area (TPSA) is 72.2 Å². The van der Waals surface area contributed by atoms with Gasteiger partial charge in [-0.1, -0.05) is 23.7 Å². The van der Waals surface area contributed by atoms with Crippen LogP contribution in [0.5, 0.6) is 0 Å². The van der Waals surface area contributed by atoms with Crippen molar-refractivity contribution in [3.63, 3.8) is 0 Å². The first-order valence-corrected chi connectivity index (χ1v) is 9.07. The number of hydrogen-bond donors (Lipinski definition) is 1. The zero-order valence-electron chi connectivity index (χ0n) is 15.4. The molecule has 0 aliphatic heterocycles. The van der Waals surface area contributed by atoms with E-state index in [1.54, 1.807) is 31.3 Å². The van der Waals surface area contributed by atoms with E-state index in [4.69, 9.17) is 11.6 Å². The van der Waals surface area contributed by atoms with Crippen molar-refractivity contribution in [3.8, 4) is 11.1 Å². The number of anilines is 1.